The highest BCUT2D eigenvalue weighted by Gasteiger charge is 2.34. The van der Waals surface area contributed by atoms with Crippen LogP contribution in [-0.4, -0.2) is 58.0 Å². The summed E-state index contributed by atoms with van der Waals surface area (Å²) in [6.07, 6.45) is 2.64. The first-order valence-corrected chi connectivity index (χ1v) is 17.6. The highest BCUT2D eigenvalue weighted by atomic mass is 16.7. The molecule has 0 radical (unpaired) electrons. The van der Waals surface area contributed by atoms with Crippen molar-refractivity contribution >= 4 is 17.1 Å². The summed E-state index contributed by atoms with van der Waals surface area (Å²) in [4.78, 5) is 30.3. The summed E-state index contributed by atoms with van der Waals surface area (Å²) in [6.45, 7) is 6.54. The van der Waals surface area contributed by atoms with Crippen LogP contribution in [0.5, 0.6) is 0 Å². The number of carbonyl (C=O) groups is 1. The average Bonchev–Trinajstić information content (AvgIpc) is 3.52. The fraction of sp³-hybridized carbons (Fsp3) is 0.317. The number of nitrogens with zero attached hydrogens (tertiary/aromatic N) is 2. The maximum absolute atomic E-state index is 12.9. The van der Waals surface area contributed by atoms with Gasteiger partial charge in [0.05, 0.1) is 29.8 Å². The largest absolute Gasteiger partial charge is 0.445 e. The number of imidazole rings is 1. The summed E-state index contributed by atoms with van der Waals surface area (Å²) in [6, 6.07) is 32.2. The molecule has 51 heavy (non-hydrogen) atoms. The van der Waals surface area contributed by atoms with Crippen LogP contribution in [0.15, 0.2) is 115 Å². The summed E-state index contributed by atoms with van der Waals surface area (Å²) in [7, 11) is 0. The van der Waals surface area contributed by atoms with Crippen LogP contribution in [0, 0.1) is 0 Å². The van der Waals surface area contributed by atoms with E-state index in [4.69, 9.17) is 14.2 Å². The van der Waals surface area contributed by atoms with E-state index in [1.165, 1.54) is 6.08 Å². The number of aliphatic hydroxyl groups is 1. The molecule has 0 saturated carbocycles. The van der Waals surface area contributed by atoms with Gasteiger partial charge in [-0.2, -0.15) is 0 Å². The number of likely N-dealkylation sites (tertiary alicyclic amines) is 1. The summed E-state index contributed by atoms with van der Waals surface area (Å²) < 4.78 is 20.4. The maximum Gasteiger partial charge on any atom is 0.407 e. The molecule has 0 spiro atoms. The van der Waals surface area contributed by atoms with Gasteiger partial charge in [-0.3, -0.25) is 4.57 Å². The van der Waals surface area contributed by atoms with E-state index in [1.807, 2.05) is 83.4 Å². The number of alkyl carbamates (subject to hydrolysis) is 1. The third-order valence-electron chi connectivity index (χ3n) is 9.81. The predicted octanol–water partition coefficient (Wildman–Crippen LogP) is 6.78. The number of amides is 1. The Bertz CT molecular complexity index is 2010. The second-order valence-corrected chi connectivity index (χ2v) is 13.3. The molecule has 0 bridgehead atoms. The van der Waals surface area contributed by atoms with Crippen molar-refractivity contribution in [2.75, 3.05) is 26.2 Å². The molecule has 10 nitrogen and oxygen atoms in total. The summed E-state index contributed by atoms with van der Waals surface area (Å²) in [5, 5.41) is 12.4. The molecule has 1 amide bonds. The van der Waals surface area contributed by atoms with Gasteiger partial charge in [-0.1, -0.05) is 85.5 Å². The quantitative estimate of drug-likeness (QED) is 0.131. The standard InChI is InChI=1S/C41H44N4O6/c1-2-21-49-41(48)42-25-29-7-5-8-31(22-29)32-9-6-10-33(23-32)39-50-35(24-38(51-39)30-15-13-28(27-46)14-16-30)26-44-19-17-34(18-20-44)45-37-12-4-3-11-36(37)43-40(45)47/h2-16,22-23,34-35,38-39,46H,1,17-21,24-27H2,(H,42,48)(H,43,47). The van der Waals surface area contributed by atoms with Crippen molar-refractivity contribution < 1.29 is 24.1 Å². The Hall–Kier alpha value is -5.00. The zero-order chi connectivity index (χ0) is 35.2. The van der Waals surface area contributed by atoms with Crippen LogP contribution in [-0.2, 0) is 27.4 Å². The van der Waals surface area contributed by atoms with Crippen LogP contribution in [0.4, 0.5) is 4.79 Å². The van der Waals surface area contributed by atoms with Gasteiger partial charge < -0.3 is 34.5 Å². The lowest BCUT2D eigenvalue weighted by atomic mass is 9.97. The van der Waals surface area contributed by atoms with Gasteiger partial charge in [0, 0.05) is 44.2 Å². The number of para-hydroxylation sites is 2. The number of aliphatic hydroxyl groups excluding tert-OH is 1. The molecule has 3 unspecified atom stereocenters. The second kappa shape index (κ2) is 15.9. The Morgan fingerprint density at radius 1 is 0.922 bits per heavy atom. The van der Waals surface area contributed by atoms with Gasteiger partial charge in [0.25, 0.3) is 0 Å². The first-order valence-electron chi connectivity index (χ1n) is 17.6. The molecule has 3 atom stereocenters. The lowest BCUT2D eigenvalue weighted by Gasteiger charge is -2.40. The zero-order valence-electron chi connectivity index (χ0n) is 28.6. The molecule has 2 saturated heterocycles. The molecule has 10 heteroatoms. The minimum Gasteiger partial charge on any atom is -0.445 e. The number of nitrogens with one attached hydrogen (secondary N) is 2. The number of hydrogen-bond donors (Lipinski definition) is 3. The number of hydrogen-bond acceptors (Lipinski definition) is 7. The van der Waals surface area contributed by atoms with Crippen molar-refractivity contribution in [1.82, 2.24) is 19.8 Å². The minimum atomic E-state index is -0.585. The van der Waals surface area contributed by atoms with E-state index < -0.39 is 12.4 Å². The molecule has 4 aromatic carbocycles. The van der Waals surface area contributed by atoms with Gasteiger partial charge in [-0.25, -0.2) is 9.59 Å². The van der Waals surface area contributed by atoms with Crippen molar-refractivity contribution in [3.63, 3.8) is 0 Å². The van der Waals surface area contributed by atoms with Crippen molar-refractivity contribution in [2.24, 2.45) is 0 Å². The van der Waals surface area contributed by atoms with Crippen molar-refractivity contribution in [1.29, 1.82) is 0 Å². The summed E-state index contributed by atoms with van der Waals surface area (Å²) >= 11 is 0. The van der Waals surface area contributed by atoms with E-state index in [1.54, 1.807) is 0 Å². The van der Waals surface area contributed by atoms with Gasteiger partial charge in [-0.05, 0) is 64.9 Å². The SMILES string of the molecule is C=CCOC(=O)NCc1cccc(-c2cccc(C3OC(CN4CCC(n5c(=O)[nH]c6ccccc65)CC4)CC(c4ccc(CO)cc4)O3)c2)c1. The van der Waals surface area contributed by atoms with Gasteiger partial charge in [0.2, 0.25) is 0 Å². The molecule has 0 aliphatic carbocycles. The number of rotatable bonds is 11. The van der Waals surface area contributed by atoms with Gasteiger partial charge in [0.15, 0.2) is 6.29 Å². The second-order valence-electron chi connectivity index (χ2n) is 13.3. The summed E-state index contributed by atoms with van der Waals surface area (Å²) in [5.74, 6) is 0. The number of fused-ring (bicyclic) bond motifs is 1. The highest BCUT2D eigenvalue weighted by molar-refractivity contribution is 5.75. The lowest BCUT2D eigenvalue weighted by Crippen LogP contribution is -2.43. The number of aromatic amines is 1. The fourth-order valence-electron chi connectivity index (χ4n) is 7.20. The van der Waals surface area contributed by atoms with Crippen molar-refractivity contribution in [3.05, 3.63) is 142 Å². The molecular weight excluding hydrogens is 644 g/mol. The molecule has 5 aromatic rings. The van der Waals surface area contributed by atoms with E-state index in [-0.39, 0.29) is 37.2 Å². The number of benzene rings is 4. The molecule has 3 N–H and O–H groups in total. The molecule has 2 aliphatic rings. The van der Waals surface area contributed by atoms with Crippen LogP contribution in [0.1, 0.15) is 60.0 Å². The fourth-order valence-corrected chi connectivity index (χ4v) is 7.20. The molecule has 2 fully saturated rings. The molecule has 7 rings (SSSR count). The Kier molecular flexibility index (Phi) is 10.7. The molecule has 264 valence electrons. The topological polar surface area (TPSA) is 118 Å². The Balaban J connectivity index is 1.06. The molecule has 3 heterocycles. The van der Waals surface area contributed by atoms with E-state index in [0.717, 1.165) is 76.9 Å². The van der Waals surface area contributed by atoms with Gasteiger partial charge in [0.1, 0.15) is 6.61 Å². The van der Waals surface area contributed by atoms with Gasteiger partial charge >= 0.3 is 11.8 Å². The third kappa shape index (κ3) is 8.16. The lowest BCUT2D eigenvalue weighted by molar-refractivity contribution is -0.253. The van der Waals surface area contributed by atoms with E-state index in [0.29, 0.717) is 13.0 Å². The number of piperidine rings is 1. The Morgan fingerprint density at radius 3 is 2.47 bits per heavy atom. The number of ether oxygens (including phenoxy) is 3. The van der Waals surface area contributed by atoms with Crippen molar-refractivity contribution in [2.45, 2.75) is 57.0 Å². The Morgan fingerprint density at radius 2 is 1.69 bits per heavy atom. The van der Waals surface area contributed by atoms with E-state index >= 15 is 0 Å². The van der Waals surface area contributed by atoms with E-state index in [9.17, 15) is 14.7 Å². The number of H-pyrrole nitrogens is 1. The third-order valence-corrected chi connectivity index (χ3v) is 9.81. The molecular formula is C41H44N4O6. The van der Waals surface area contributed by atoms with Crippen LogP contribution in [0.25, 0.3) is 22.2 Å². The monoisotopic (exact) mass is 688 g/mol. The first-order chi connectivity index (χ1) is 25.0. The average molecular weight is 689 g/mol. The summed E-state index contributed by atoms with van der Waals surface area (Å²) in [5.41, 5.74) is 7.58. The number of aromatic nitrogens is 2. The number of carbonyl (C=O) groups excluding carboxylic acids is 1. The molecule has 1 aromatic heterocycles. The van der Waals surface area contributed by atoms with Crippen LogP contribution in [0.3, 0.4) is 0 Å². The van der Waals surface area contributed by atoms with E-state index in [2.05, 4.69) is 40.0 Å². The molecule has 2 aliphatic heterocycles. The first kappa shape index (κ1) is 34.4. The zero-order valence-corrected chi connectivity index (χ0v) is 28.6. The predicted molar refractivity (Wildman–Crippen MR) is 196 cm³/mol. The van der Waals surface area contributed by atoms with Crippen LogP contribution in [0.2, 0.25) is 0 Å². The van der Waals surface area contributed by atoms with Crippen molar-refractivity contribution in [3.8, 4) is 11.1 Å². The Labute approximate surface area is 297 Å². The van der Waals surface area contributed by atoms with Crippen LogP contribution < -0.4 is 11.0 Å². The smallest absolute Gasteiger partial charge is 0.407 e. The normalized spacial score (nSPS) is 19.9. The van der Waals surface area contributed by atoms with Crippen LogP contribution >= 0.6 is 0 Å². The maximum atomic E-state index is 12.9. The van der Waals surface area contributed by atoms with Gasteiger partial charge in [-0.15, -0.1) is 0 Å². The minimum absolute atomic E-state index is 0.00968. The highest BCUT2D eigenvalue weighted by Crippen LogP contribution is 2.39.